The molecule has 0 radical (unpaired) electrons. The number of carbonyl (C=O) groups excluding carboxylic acids is 1. The van der Waals surface area contributed by atoms with Crippen molar-refractivity contribution in [2.45, 2.75) is 32.4 Å². The molecule has 1 aromatic rings. The van der Waals surface area contributed by atoms with Crippen molar-refractivity contribution in [3.8, 4) is 0 Å². The van der Waals surface area contributed by atoms with E-state index in [1.807, 2.05) is 0 Å². The number of nitro groups is 1. The highest BCUT2D eigenvalue weighted by Crippen LogP contribution is 2.25. The number of hydrogen-bond donors (Lipinski definition) is 0. The Balaban J connectivity index is 2.05. The van der Waals surface area contributed by atoms with Crippen LogP contribution in [0.1, 0.15) is 18.4 Å². The third-order valence-corrected chi connectivity index (χ3v) is 2.88. The van der Waals surface area contributed by atoms with Crippen molar-refractivity contribution in [3.63, 3.8) is 0 Å². The number of nitrogens with zero attached hydrogens (tertiary/aromatic N) is 4. The van der Waals surface area contributed by atoms with Crippen molar-refractivity contribution in [2.75, 3.05) is 7.05 Å². The normalized spacial score (nSPS) is 14.7. The van der Waals surface area contributed by atoms with Gasteiger partial charge in [0.1, 0.15) is 6.54 Å². The average molecular weight is 238 g/mol. The van der Waals surface area contributed by atoms with E-state index in [0.717, 1.165) is 12.8 Å². The van der Waals surface area contributed by atoms with Crippen LogP contribution in [0, 0.1) is 17.0 Å². The van der Waals surface area contributed by atoms with Gasteiger partial charge in [-0.3, -0.25) is 4.79 Å². The fraction of sp³-hybridized carbons (Fsp3) is 0.600. The van der Waals surface area contributed by atoms with Crippen LogP contribution in [0.5, 0.6) is 0 Å². The van der Waals surface area contributed by atoms with Crippen molar-refractivity contribution in [1.82, 2.24) is 14.7 Å². The molecule has 0 bridgehead atoms. The number of aromatic nitrogens is 2. The van der Waals surface area contributed by atoms with Gasteiger partial charge in [0.15, 0.2) is 0 Å². The van der Waals surface area contributed by atoms with E-state index >= 15 is 0 Å². The molecule has 1 heterocycles. The van der Waals surface area contributed by atoms with Crippen LogP contribution in [0.15, 0.2) is 6.20 Å². The van der Waals surface area contributed by atoms with Crippen LogP contribution in [0.3, 0.4) is 0 Å². The minimum atomic E-state index is -0.541. The lowest BCUT2D eigenvalue weighted by atomic mass is 10.4. The van der Waals surface area contributed by atoms with E-state index in [1.165, 1.54) is 10.9 Å². The molecule has 1 fully saturated rings. The maximum atomic E-state index is 11.8. The van der Waals surface area contributed by atoms with Gasteiger partial charge in [-0.1, -0.05) is 0 Å². The van der Waals surface area contributed by atoms with Crippen LogP contribution in [0.4, 0.5) is 5.82 Å². The summed E-state index contributed by atoms with van der Waals surface area (Å²) in [6.07, 6.45) is 3.61. The minimum Gasteiger partial charge on any atom is -0.358 e. The Bertz CT molecular complexity index is 464. The monoisotopic (exact) mass is 238 g/mol. The highest BCUT2D eigenvalue weighted by molar-refractivity contribution is 5.76. The van der Waals surface area contributed by atoms with Gasteiger partial charge in [0, 0.05) is 13.1 Å². The summed E-state index contributed by atoms with van der Waals surface area (Å²) in [7, 11) is 1.75. The van der Waals surface area contributed by atoms with Gasteiger partial charge in [-0.05, 0) is 24.7 Å². The average Bonchev–Trinajstić information content (AvgIpc) is 3.02. The Hall–Kier alpha value is -1.92. The number of rotatable bonds is 4. The zero-order valence-corrected chi connectivity index (χ0v) is 9.79. The molecule has 0 aromatic carbocycles. The Kier molecular flexibility index (Phi) is 2.83. The van der Waals surface area contributed by atoms with Gasteiger partial charge in [-0.15, -0.1) is 0 Å². The molecule has 2 rings (SSSR count). The number of carbonyl (C=O) groups is 1. The molecule has 1 amide bonds. The summed E-state index contributed by atoms with van der Waals surface area (Å²) < 4.78 is 1.33. The quantitative estimate of drug-likeness (QED) is 0.571. The summed E-state index contributed by atoms with van der Waals surface area (Å²) in [6, 6.07) is 0.342. The third kappa shape index (κ3) is 2.43. The van der Waals surface area contributed by atoms with Crippen LogP contribution >= 0.6 is 0 Å². The lowest BCUT2D eigenvalue weighted by Crippen LogP contribution is -2.32. The number of aryl methyl sites for hydroxylation is 1. The first-order valence-electron chi connectivity index (χ1n) is 5.43. The molecule has 0 spiro atoms. The second kappa shape index (κ2) is 4.15. The topological polar surface area (TPSA) is 81.3 Å². The zero-order valence-electron chi connectivity index (χ0n) is 9.79. The van der Waals surface area contributed by atoms with E-state index in [1.54, 1.807) is 18.9 Å². The van der Waals surface area contributed by atoms with Gasteiger partial charge < -0.3 is 15.0 Å². The van der Waals surface area contributed by atoms with Crippen LogP contribution < -0.4 is 0 Å². The minimum absolute atomic E-state index is 0.0572. The summed E-state index contributed by atoms with van der Waals surface area (Å²) >= 11 is 0. The van der Waals surface area contributed by atoms with E-state index in [0.29, 0.717) is 11.6 Å². The van der Waals surface area contributed by atoms with E-state index in [-0.39, 0.29) is 18.3 Å². The standard InChI is InChI=1S/C10H14N4O3/c1-7-5-13(11-10(7)14(16)17)6-9(15)12(2)8-3-4-8/h5,8H,3-4,6H2,1-2H3. The van der Waals surface area contributed by atoms with Gasteiger partial charge in [0.25, 0.3) is 0 Å². The van der Waals surface area contributed by atoms with Gasteiger partial charge in [-0.2, -0.15) is 4.68 Å². The maximum absolute atomic E-state index is 11.8. The SMILES string of the molecule is Cc1cn(CC(=O)N(C)C2CC2)nc1[N+](=O)[O-]. The predicted octanol–water partition coefficient (Wildman–Crippen LogP) is 0.721. The molecule has 7 nitrogen and oxygen atoms in total. The second-order valence-corrected chi connectivity index (χ2v) is 4.33. The number of hydrogen-bond acceptors (Lipinski definition) is 4. The van der Waals surface area contributed by atoms with Gasteiger partial charge in [0.05, 0.1) is 16.9 Å². The first-order valence-corrected chi connectivity index (χ1v) is 5.43. The molecule has 1 aliphatic rings. The van der Waals surface area contributed by atoms with E-state index < -0.39 is 4.92 Å². The smallest absolute Gasteiger partial charge is 0.358 e. The third-order valence-electron chi connectivity index (χ3n) is 2.88. The summed E-state index contributed by atoms with van der Waals surface area (Å²) in [6.45, 7) is 1.67. The lowest BCUT2D eigenvalue weighted by Gasteiger charge is -2.14. The second-order valence-electron chi connectivity index (χ2n) is 4.33. The van der Waals surface area contributed by atoms with Crippen molar-refractivity contribution in [1.29, 1.82) is 0 Å². The Labute approximate surface area is 98.2 Å². The predicted molar refractivity (Wildman–Crippen MR) is 59.4 cm³/mol. The van der Waals surface area contributed by atoms with Crippen molar-refractivity contribution in [2.24, 2.45) is 0 Å². The van der Waals surface area contributed by atoms with Crippen LogP contribution in [0.25, 0.3) is 0 Å². The molecular formula is C10H14N4O3. The summed E-state index contributed by atoms with van der Waals surface area (Å²) in [5.74, 6) is -0.253. The molecule has 0 saturated heterocycles. The molecule has 1 saturated carbocycles. The molecule has 1 aliphatic carbocycles. The molecule has 0 unspecified atom stereocenters. The maximum Gasteiger partial charge on any atom is 0.392 e. The molecular weight excluding hydrogens is 224 g/mol. The van der Waals surface area contributed by atoms with Crippen LogP contribution in [0.2, 0.25) is 0 Å². The van der Waals surface area contributed by atoms with Crippen molar-refractivity contribution in [3.05, 3.63) is 21.9 Å². The van der Waals surface area contributed by atoms with E-state index in [2.05, 4.69) is 5.10 Å². The Morgan fingerprint density at radius 3 is 2.82 bits per heavy atom. The fourth-order valence-corrected chi connectivity index (χ4v) is 1.69. The fourth-order valence-electron chi connectivity index (χ4n) is 1.69. The van der Waals surface area contributed by atoms with Gasteiger partial charge in [-0.25, -0.2) is 0 Å². The molecule has 17 heavy (non-hydrogen) atoms. The molecule has 7 heteroatoms. The van der Waals surface area contributed by atoms with Gasteiger partial charge >= 0.3 is 5.82 Å². The molecule has 92 valence electrons. The molecule has 0 N–H and O–H groups in total. The summed E-state index contributed by atoms with van der Waals surface area (Å²) in [5.41, 5.74) is 0.469. The molecule has 0 aliphatic heterocycles. The van der Waals surface area contributed by atoms with Crippen LogP contribution in [-0.2, 0) is 11.3 Å². The zero-order chi connectivity index (χ0) is 12.6. The van der Waals surface area contributed by atoms with Gasteiger partial charge in [0.2, 0.25) is 5.91 Å². The van der Waals surface area contributed by atoms with Crippen molar-refractivity contribution >= 4 is 11.7 Å². The summed E-state index contributed by atoms with van der Waals surface area (Å²) in [5, 5.41) is 14.4. The van der Waals surface area contributed by atoms with E-state index in [4.69, 9.17) is 0 Å². The highest BCUT2D eigenvalue weighted by Gasteiger charge is 2.30. The summed E-state index contributed by atoms with van der Waals surface area (Å²) in [4.78, 5) is 23.5. The Morgan fingerprint density at radius 2 is 2.35 bits per heavy atom. The lowest BCUT2D eigenvalue weighted by molar-refractivity contribution is -0.390. The first kappa shape index (κ1) is 11.6. The van der Waals surface area contributed by atoms with E-state index in [9.17, 15) is 14.9 Å². The highest BCUT2D eigenvalue weighted by atomic mass is 16.6. The Morgan fingerprint density at radius 1 is 1.71 bits per heavy atom. The number of amides is 1. The molecule has 0 atom stereocenters. The van der Waals surface area contributed by atoms with Crippen molar-refractivity contribution < 1.29 is 9.72 Å². The first-order chi connectivity index (χ1) is 7.99. The number of likely N-dealkylation sites (N-methyl/N-ethyl adjacent to an activating group) is 1. The molecule has 1 aromatic heterocycles. The largest absolute Gasteiger partial charge is 0.392 e. The van der Waals surface area contributed by atoms with Crippen LogP contribution in [-0.4, -0.2) is 38.6 Å².